The van der Waals surface area contributed by atoms with Crippen LogP contribution in [0.15, 0.2) is 61.9 Å². The van der Waals surface area contributed by atoms with Crippen LogP contribution in [0.4, 0.5) is 4.39 Å². The molecule has 0 radical (unpaired) electrons. The van der Waals surface area contributed by atoms with E-state index in [-0.39, 0.29) is 5.83 Å². The van der Waals surface area contributed by atoms with Crippen LogP contribution in [0.2, 0.25) is 0 Å². The standard InChI is InChI=1S/C13H21N3.C6H9F.C4H8/c1-2-3-6-13-10-16(11-15-13)9-12-7-4-5-8-14-12;1-3-4-5-6(2)7;1-3-4-2/h2-3,10-12,14H,4-9H2,1H3;3,5H,1,4H2,2H3;3H,1,4H2,2H3/b3-2-;6-5+;/t12-;;/m0../s1. The molecule has 3 nitrogen and oxygen atoms in total. The van der Waals surface area contributed by atoms with E-state index in [1.165, 1.54) is 38.8 Å². The molecular weight excluding hydrogens is 337 g/mol. The smallest absolute Gasteiger partial charge is 0.0950 e. The first-order valence-corrected chi connectivity index (χ1v) is 9.96. The van der Waals surface area contributed by atoms with Crippen molar-refractivity contribution in [1.82, 2.24) is 14.9 Å². The van der Waals surface area contributed by atoms with Gasteiger partial charge in [0.25, 0.3) is 0 Å². The second-order valence-electron chi connectivity index (χ2n) is 6.49. The van der Waals surface area contributed by atoms with Gasteiger partial charge >= 0.3 is 0 Å². The number of hydrogen-bond donors (Lipinski definition) is 1. The zero-order chi connectivity index (χ0) is 20.3. The first kappa shape index (κ1) is 25.1. The number of aromatic nitrogens is 2. The number of halogens is 1. The predicted octanol–water partition coefficient (Wildman–Crippen LogP) is 6.16. The Hall–Kier alpha value is -1.94. The minimum Gasteiger partial charge on any atom is -0.336 e. The van der Waals surface area contributed by atoms with Gasteiger partial charge in [-0.05, 0) is 52.2 Å². The number of rotatable bonds is 7. The Morgan fingerprint density at radius 1 is 1.37 bits per heavy atom. The second kappa shape index (κ2) is 17.5. The summed E-state index contributed by atoms with van der Waals surface area (Å²) in [4.78, 5) is 4.40. The van der Waals surface area contributed by atoms with E-state index in [0.717, 1.165) is 25.1 Å². The fourth-order valence-corrected chi connectivity index (χ4v) is 2.43. The Balaban J connectivity index is 0.000000514. The molecule has 2 heterocycles. The van der Waals surface area contributed by atoms with Crippen molar-refractivity contribution >= 4 is 0 Å². The number of imidazole rings is 1. The van der Waals surface area contributed by atoms with Crippen molar-refractivity contribution < 1.29 is 4.39 Å². The summed E-state index contributed by atoms with van der Waals surface area (Å²) in [5, 5.41) is 3.56. The van der Waals surface area contributed by atoms with Gasteiger partial charge in [-0.25, -0.2) is 9.37 Å². The maximum atomic E-state index is 11.7. The summed E-state index contributed by atoms with van der Waals surface area (Å²) in [6, 6.07) is 0.637. The highest BCUT2D eigenvalue weighted by molar-refractivity contribution is 5.03. The van der Waals surface area contributed by atoms with Crippen LogP contribution in [0.1, 0.15) is 58.6 Å². The average Bonchev–Trinajstić information content (AvgIpc) is 3.13. The number of allylic oxidation sites excluding steroid dienone is 6. The van der Waals surface area contributed by atoms with Gasteiger partial charge in [-0.1, -0.05) is 37.6 Å². The van der Waals surface area contributed by atoms with Crippen molar-refractivity contribution in [2.24, 2.45) is 0 Å². The van der Waals surface area contributed by atoms with Gasteiger partial charge in [0.1, 0.15) is 0 Å². The summed E-state index contributed by atoms with van der Waals surface area (Å²) in [6.07, 6.45) is 20.0. The average molecular weight is 376 g/mol. The molecule has 1 fully saturated rings. The van der Waals surface area contributed by atoms with Gasteiger partial charge < -0.3 is 9.88 Å². The molecular formula is C23H38FN3. The molecule has 0 spiro atoms. The molecule has 1 N–H and O–H groups in total. The Morgan fingerprint density at radius 3 is 2.59 bits per heavy atom. The lowest BCUT2D eigenvalue weighted by molar-refractivity contribution is 0.363. The molecule has 27 heavy (non-hydrogen) atoms. The van der Waals surface area contributed by atoms with Gasteiger partial charge in [0.15, 0.2) is 0 Å². The molecule has 1 saturated heterocycles. The topological polar surface area (TPSA) is 29.9 Å². The molecule has 1 atom stereocenters. The lowest BCUT2D eigenvalue weighted by Gasteiger charge is -2.23. The molecule has 1 aliphatic heterocycles. The van der Waals surface area contributed by atoms with Crippen molar-refractivity contribution in [3.05, 3.63) is 67.6 Å². The lowest BCUT2D eigenvalue weighted by atomic mass is 10.1. The molecule has 0 saturated carbocycles. The highest BCUT2D eigenvalue weighted by atomic mass is 19.1. The first-order valence-electron chi connectivity index (χ1n) is 9.96. The van der Waals surface area contributed by atoms with E-state index in [0.29, 0.717) is 12.5 Å². The van der Waals surface area contributed by atoms with Crippen molar-refractivity contribution in [1.29, 1.82) is 0 Å². The maximum Gasteiger partial charge on any atom is 0.0950 e. The van der Waals surface area contributed by atoms with E-state index < -0.39 is 0 Å². The van der Waals surface area contributed by atoms with E-state index in [1.54, 1.807) is 6.08 Å². The van der Waals surface area contributed by atoms with Gasteiger partial charge in [-0.15, -0.1) is 13.2 Å². The third-order valence-electron chi connectivity index (χ3n) is 3.95. The monoisotopic (exact) mass is 375 g/mol. The fourth-order valence-electron chi connectivity index (χ4n) is 2.43. The summed E-state index contributed by atoms with van der Waals surface area (Å²) in [6.45, 7) is 14.7. The Kier molecular flexibility index (Phi) is 16.2. The number of hydrogen-bond acceptors (Lipinski definition) is 2. The summed E-state index contributed by atoms with van der Waals surface area (Å²) < 4.78 is 13.9. The second-order valence-corrected chi connectivity index (χ2v) is 6.49. The third-order valence-corrected chi connectivity index (χ3v) is 3.95. The van der Waals surface area contributed by atoms with Gasteiger partial charge in [0, 0.05) is 25.2 Å². The van der Waals surface area contributed by atoms with Crippen LogP contribution in [-0.4, -0.2) is 22.1 Å². The van der Waals surface area contributed by atoms with Crippen molar-refractivity contribution in [3.8, 4) is 0 Å². The van der Waals surface area contributed by atoms with Crippen molar-refractivity contribution in [2.45, 2.75) is 71.9 Å². The van der Waals surface area contributed by atoms with Crippen molar-refractivity contribution in [3.63, 3.8) is 0 Å². The fraction of sp³-hybridized carbons (Fsp3) is 0.522. The van der Waals surface area contributed by atoms with E-state index in [1.807, 2.05) is 19.3 Å². The van der Waals surface area contributed by atoms with Crippen LogP contribution in [0.3, 0.4) is 0 Å². The molecule has 0 amide bonds. The van der Waals surface area contributed by atoms with E-state index in [9.17, 15) is 4.39 Å². The SMILES string of the molecule is C/C=C\Cc1cn(C[C@@H]2CCCCN2)cn1.C=CC/C=C(\C)F.C=CCC. The van der Waals surface area contributed by atoms with Gasteiger partial charge in [-0.2, -0.15) is 0 Å². The normalized spacial score (nSPS) is 16.7. The summed E-state index contributed by atoms with van der Waals surface area (Å²) in [7, 11) is 0. The molecule has 1 aromatic heterocycles. The molecule has 0 bridgehead atoms. The summed E-state index contributed by atoms with van der Waals surface area (Å²) in [5.74, 6) is -0.139. The number of piperidine rings is 1. The molecule has 0 unspecified atom stereocenters. The maximum absolute atomic E-state index is 11.7. The van der Waals surface area contributed by atoms with Crippen LogP contribution >= 0.6 is 0 Å². The van der Waals surface area contributed by atoms with Crippen LogP contribution in [0.5, 0.6) is 0 Å². The van der Waals surface area contributed by atoms with Crippen LogP contribution < -0.4 is 5.32 Å². The highest BCUT2D eigenvalue weighted by Crippen LogP contribution is 2.09. The molecule has 0 aromatic carbocycles. The van der Waals surface area contributed by atoms with Gasteiger partial charge in [0.2, 0.25) is 0 Å². The molecule has 0 aliphatic carbocycles. The quantitative estimate of drug-likeness (QED) is 0.578. The Bertz CT molecular complexity index is 548. The van der Waals surface area contributed by atoms with Gasteiger partial charge in [0.05, 0.1) is 17.8 Å². The minimum absolute atomic E-state index is 0.139. The minimum atomic E-state index is -0.139. The predicted molar refractivity (Wildman–Crippen MR) is 117 cm³/mol. The summed E-state index contributed by atoms with van der Waals surface area (Å²) in [5.41, 5.74) is 1.16. The van der Waals surface area contributed by atoms with E-state index in [4.69, 9.17) is 0 Å². The molecule has 1 aliphatic rings. The summed E-state index contributed by atoms with van der Waals surface area (Å²) >= 11 is 0. The zero-order valence-electron chi connectivity index (χ0n) is 17.5. The van der Waals surface area contributed by atoms with Crippen LogP contribution in [0, 0.1) is 0 Å². The van der Waals surface area contributed by atoms with Gasteiger partial charge in [-0.3, -0.25) is 0 Å². The first-order chi connectivity index (χ1) is 13.1. The molecule has 2 rings (SSSR count). The van der Waals surface area contributed by atoms with Crippen molar-refractivity contribution in [2.75, 3.05) is 6.54 Å². The van der Waals surface area contributed by atoms with E-state index in [2.05, 4.69) is 53.3 Å². The van der Waals surface area contributed by atoms with Crippen LogP contribution in [-0.2, 0) is 13.0 Å². The molecule has 152 valence electrons. The largest absolute Gasteiger partial charge is 0.336 e. The third kappa shape index (κ3) is 14.9. The number of nitrogens with zero attached hydrogens (tertiary/aromatic N) is 2. The van der Waals surface area contributed by atoms with Crippen LogP contribution in [0.25, 0.3) is 0 Å². The lowest BCUT2D eigenvalue weighted by Crippen LogP contribution is -2.37. The highest BCUT2D eigenvalue weighted by Gasteiger charge is 2.12. The molecule has 4 heteroatoms. The Morgan fingerprint density at radius 2 is 2.11 bits per heavy atom. The Labute approximate surface area is 165 Å². The zero-order valence-corrected chi connectivity index (χ0v) is 17.5. The van der Waals surface area contributed by atoms with E-state index >= 15 is 0 Å². The number of nitrogens with one attached hydrogen (secondary N) is 1. The molecule has 1 aromatic rings.